The molecular weight excluding hydrogens is 626 g/mol. The zero-order valence-electron chi connectivity index (χ0n) is 29.9. The zero-order chi connectivity index (χ0) is 35.3. The topological polar surface area (TPSA) is 131 Å². The first-order valence-corrected chi connectivity index (χ1v) is 18.4. The van der Waals surface area contributed by atoms with Crippen molar-refractivity contribution in [3.8, 4) is 5.75 Å². The Hall–Kier alpha value is -3.43. The van der Waals surface area contributed by atoms with Gasteiger partial charge in [0.1, 0.15) is 11.9 Å². The molecule has 8 atom stereocenters. The van der Waals surface area contributed by atoms with E-state index in [1.165, 1.54) is 74.8 Å². The number of benzene rings is 1. The fraction of sp³-hybridized carbons (Fsp3) is 0.718. The Labute approximate surface area is 290 Å². The number of nitrogens with zero attached hydrogens (tertiary/aromatic N) is 1. The predicted molar refractivity (Wildman–Crippen MR) is 183 cm³/mol. The van der Waals surface area contributed by atoms with E-state index in [0.717, 1.165) is 55.3 Å². The molecule has 0 N–H and O–H groups in total. The second-order valence-corrected chi connectivity index (χ2v) is 16.0. The Balaban J connectivity index is 1.04. The molecule has 0 amide bonds. The number of carbonyl (C=O) groups excluding carboxylic acids is 3. The van der Waals surface area contributed by atoms with Crippen molar-refractivity contribution in [1.82, 2.24) is 0 Å². The average molecular weight is 682 g/mol. The van der Waals surface area contributed by atoms with Gasteiger partial charge in [-0.3, -0.25) is 19.7 Å². The fourth-order valence-corrected chi connectivity index (χ4v) is 10.2. The molecule has 0 heterocycles. The Morgan fingerprint density at radius 2 is 1.65 bits per heavy atom. The van der Waals surface area contributed by atoms with Crippen molar-refractivity contribution in [1.29, 1.82) is 0 Å². The van der Waals surface area contributed by atoms with Crippen LogP contribution in [0.4, 0.5) is 10.5 Å². The molecule has 0 radical (unpaired) electrons. The summed E-state index contributed by atoms with van der Waals surface area (Å²) < 4.78 is 20.3. The number of nitro groups is 1. The molecule has 0 spiro atoms. The summed E-state index contributed by atoms with van der Waals surface area (Å²) in [6.45, 7) is 11.6. The van der Waals surface area contributed by atoms with Crippen molar-refractivity contribution >= 4 is 23.8 Å². The van der Waals surface area contributed by atoms with Gasteiger partial charge in [-0.15, -0.1) is 0 Å². The van der Waals surface area contributed by atoms with Crippen LogP contribution in [0.3, 0.4) is 0 Å². The molecule has 3 saturated carbocycles. The van der Waals surface area contributed by atoms with Gasteiger partial charge in [0, 0.05) is 18.6 Å². The van der Waals surface area contributed by atoms with Crippen molar-refractivity contribution in [2.45, 2.75) is 124 Å². The number of carbonyl (C=O) groups is 3. The lowest BCUT2D eigenvalue weighted by molar-refractivity contribution is -0.384. The van der Waals surface area contributed by atoms with Gasteiger partial charge in [0.2, 0.25) is 6.79 Å². The molecule has 10 heteroatoms. The first-order chi connectivity index (χ1) is 23.3. The SMILES string of the molecule is CC(C)CCC[C@@H](C)[C@H]1CC[C@H]2[C@@H]3CC=C4C[C@@H](OC(=O)CCC(=O)OCOC(=O)Oc5ccc([N+](=O)[O-])cc5)CC[C@]4(C)[C@H]3CC[C@]12C. The number of nitro benzene ring substituents is 1. The third-order valence-electron chi connectivity index (χ3n) is 12.7. The van der Waals surface area contributed by atoms with Crippen LogP contribution >= 0.6 is 0 Å². The van der Waals surface area contributed by atoms with Crippen LogP contribution in [0.15, 0.2) is 35.9 Å². The zero-order valence-corrected chi connectivity index (χ0v) is 29.9. The molecular formula is C39H55NO9. The van der Waals surface area contributed by atoms with Crippen LogP contribution < -0.4 is 4.74 Å². The summed E-state index contributed by atoms with van der Waals surface area (Å²) in [5, 5.41) is 10.7. The van der Waals surface area contributed by atoms with Crippen LogP contribution in [-0.2, 0) is 23.8 Å². The maximum atomic E-state index is 12.7. The highest BCUT2D eigenvalue weighted by Crippen LogP contribution is 2.67. The molecule has 0 bridgehead atoms. The molecule has 10 nitrogen and oxygen atoms in total. The summed E-state index contributed by atoms with van der Waals surface area (Å²) in [4.78, 5) is 46.8. The highest BCUT2D eigenvalue weighted by molar-refractivity contribution is 5.77. The van der Waals surface area contributed by atoms with Crippen molar-refractivity contribution in [2.24, 2.45) is 46.3 Å². The number of esters is 2. The molecule has 0 unspecified atom stereocenters. The van der Waals surface area contributed by atoms with Gasteiger partial charge in [-0.2, -0.15) is 0 Å². The van der Waals surface area contributed by atoms with E-state index in [0.29, 0.717) is 11.3 Å². The summed E-state index contributed by atoms with van der Waals surface area (Å²) in [5.41, 5.74) is 1.92. The van der Waals surface area contributed by atoms with Gasteiger partial charge in [-0.25, -0.2) is 4.79 Å². The summed E-state index contributed by atoms with van der Waals surface area (Å²) in [6, 6.07) is 4.86. The van der Waals surface area contributed by atoms with Gasteiger partial charge in [0.05, 0.1) is 17.8 Å². The first kappa shape index (κ1) is 36.8. The van der Waals surface area contributed by atoms with Crippen LogP contribution in [-0.4, -0.2) is 35.9 Å². The lowest BCUT2D eigenvalue weighted by Gasteiger charge is -2.58. The lowest BCUT2D eigenvalue weighted by Crippen LogP contribution is -2.51. The monoisotopic (exact) mass is 681 g/mol. The predicted octanol–water partition coefficient (Wildman–Crippen LogP) is 9.34. The maximum absolute atomic E-state index is 12.7. The van der Waals surface area contributed by atoms with Crippen LogP contribution in [0, 0.1) is 56.5 Å². The normalized spacial score (nSPS) is 31.0. The minimum Gasteiger partial charge on any atom is -0.462 e. The third-order valence-corrected chi connectivity index (χ3v) is 12.7. The molecule has 0 aromatic heterocycles. The lowest BCUT2D eigenvalue weighted by atomic mass is 9.47. The van der Waals surface area contributed by atoms with Crippen LogP contribution in [0.2, 0.25) is 0 Å². The second kappa shape index (κ2) is 15.6. The van der Waals surface area contributed by atoms with Crippen molar-refractivity contribution in [3.05, 3.63) is 46.0 Å². The number of rotatable bonds is 13. The number of hydrogen-bond donors (Lipinski definition) is 0. The smallest absolute Gasteiger partial charge is 0.462 e. The standard InChI is InChI=1S/C39H55NO9/c1-25(2)7-6-8-26(3)32-15-16-33-31-14-9-27-23-30(19-21-38(27,4)34(31)20-22-39(32,33)5)48-36(42)18-17-35(41)46-24-47-37(43)49-29-12-10-28(11-13-29)40(44)45/h9-13,25-26,30-34H,6-8,14-24H2,1-5H3/t26-,30+,31+,32-,33+,34+,38+,39-/m1/s1. The maximum Gasteiger partial charge on any atom is 0.516 e. The van der Waals surface area contributed by atoms with Gasteiger partial charge >= 0.3 is 18.1 Å². The molecule has 49 heavy (non-hydrogen) atoms. The molecule has 4 aliphatic rings. The summed E-state index contributed by atoms with van der Waals surface area (Å²) >= 11 is 0. The quantitative estimate of drug-likeness (QED) is 0.0499. The highest BCUT2D eigenvalue weighted by Gasteiger charge is 2.59. The summed E-state index contributed by atoms with van der Waals surface area (Å²) in [5.74, 6) is 3.57. The minimum absolute atomic E-state index is 0.0399. The number of ether oxygens (including phenoxy) is 4. The number of allylic oxidation sites excluding steroid dienone is 1. The van der Waals surface area contributed by atoms with Crippen LogP contribution in [0.25, 0.3) is 0 Å². The van der Waals surface area contributed by atoms with E-state index < -0.39 is 29.8 Å². The van der Waals surface area contributed by atoms with E-state index in [1.54, 1.807) is 0 Å². The number of non-ortho nitro benzene ring substituents is 1. The van der Waals surface area contributed by atoms with Crippen molar-refractivity contribution in [3.63, 3.8) is 0 Å². The fourth-order valence-electron chi connectivity index (χ4n) is 10.2. The number of hydrogen-bond acceptors (Lipinski definition) is 9. The van der Waals surface area contributed by atoms with E-state index in [4.69, 9.17) is 18.9 Å². The molecule has 0 saturated heterocycles. The Morgan fingerprint density at radius 1 is 0.918 bits per heavy atom. The Bertz CT molecular complexity index is 1390. The Kier molecular flexibility index (Phi) is 11.8. The van der Waals surface area contributed by atoms with Gasteiger partial charge < -0.3 is 18.9 Å². The molecule has 1 aromatic carbocycles. The number of fused-ring (bicyclic) bond motifs is 5. The van der Waals surface area contributed by atoms with E-state index in [2.05, 4.69) is 40.7 Å². The minimum atomic E-state index is -1.13. The molecule has 5 rings (SSSR count). The highest BCUT2D eigenvalue weighted by atomic mass is 16.8. The van der Waals surface area contributed by atoms with E-state index >= 15 is 0 Å². The van der Waals surface area contributed by atoms with Gasteiger partial charge in [-0.05, 0) is 103 Å². The van der Waals surface area contributed by atoms with Crippen LogP contribution in [0.5, 0.6) is 5.75 Å². The second-order valence-electron chi connectivity index (χ2n) is 16.0. The van der Waals surface area contributed by atoms with Gasteiger partial charge in [-0.1, -0.05) is 65.5 Å². The van der Waals surface area contributed by atoms with E-state index in [1.807, 2.05) is 0 Å². The largest absolute Gasteiger partial charge is 0.516 e. The summed E-state index contributed by atoms with van der Waals surface area (Å²) in [6.07, 6.45) is 14.0. The van der Waals surface area contributed by atoms with E-state index in [-0.39, 0.29) is 35.8 Å². The molecule has 270 valence electrons. The third kappa shape index (κ3) is 8.48. The van der Waals surface area contributed by atoms with Crippen molar-refractivity contribution < 1.29 is 38.3 Å². The summed E-state index contributed by atoms with van der Waals surface area (Å²) in [7, 11) is 0. The van der Waals surface area contributed by atoms with Crippen molar-refractivity contribution in [2.75, 3.05) is 6.79 Å². The first-order valence-electron chi connectivity index (χ1n) is 18.4. The molecule has 3 fully saturated rings. The molecule has 4 aliphatic carbocycles. The van der Waals surface area contributed by atoms with Crippen LogP contribution in [0.1, 0.15) is 118 Å². The Morgan fingerprint density at radius 3 is 2.37 bits per heavy atom. The molecule has 1 aromatic rings. The molecule has 0 aliphatic heterocycles. The average Bonchev–Trinajstić information content (AvgIpc) is 3.41. The van der Waals surface area contributed by atoms with E-state index in [9.17, 15) is 24.5 Å². The van der Waals surface area contributed by atoms with Gasteiger partial charge in [0.15, 0.2) is 0 Å². The van der Waals surface area contributed by atoms with Gasteiger partial charge in [0.25, 0.3) is 5.69 Å².